The summed E-state index contributed by atoms with van der Waals surface area (Å²) < 4.78 is 1.12. The minimum absolute atomic E-state index is 0.209. The maximum absolute atomic E-state index is 9.14. The van der Waals surface area contributed by atoms with Crippen molar-refractivity contribution in [3.8, 4) is 0 Å². The van der Waals surface area contributed by atoms with Gasteiger partial charge in [0.15, 0.2) is 0 Å². The highest BCUT2D eigenvalue weighted by Crippen LogP contribution is 2.16. The highest BCUT2D eigenvalue weighted by Gasteiger charge is 1.99. The molecule has 72 valence electrons. The first-order valence-electron chi connectivity index (χ1n) is 4.52. The van der Waals surface area contributed by atoms with Gasteiger partial charge in [0.2, 0.25) is 0 Å². The predicted octanol–water partition coefficient (Wildman–Crippen LogP) is 3.07. The van der Waals surface area contributed by atoms with E-state index in [2.05, 4.69) is 41.1 Å². The maximum atomic E-state index is 9.14. The zero-order chi connectivity index (χ0) is 9.84. The highest BCUT2D eigenvalue weighted by atomic mass is 79.9. The Bertz CT molecular complexity index is 261. The topological polar surface area (TPSA) is 20.2 Å². The molecule has 13 heavy (non-hydrogen) atoms. The summed E-state index contributed by atoms with van der Waals surface area (Å²) >= 11 is 3.46. The molecular weight excluding hydrogens is 228 g/mol. The van der Waals surface area contributed by atoms with Crippen LogP contribution < -0.4 is 0 Å². The standard InChI is InChI=1S/C11H15BrO/c1-8-5-10(4-3-9(2)13)7-11(12)6-8/h5-7,9,13H,3-4H2,1-2H3/t9-/m1/s1. The van der Waals surface area contributed by atoms with Gasteiger partial charge in [-0.15, -0.1) is 0 Å². The van der Waals surface area contributed by atoms with Crippen molar-refractivity contribution in [3.63, 3.8) is 0 Å². The van der Waals surface area contributed by atoms with E-state index < -0.39 is 0 Å². The molecular formula is C11H15BrO. The van der Waals surface area contributed by atoms with E-state index in [1.54, 1.807) is 0 Å². The average Bonchev–Trinajstić information content (AvgIpc) is 1.99. The summed E-state index contributed by atoms with van der Waals surface area (Å²) in [6.07, 6.45) is 1.56. The summed E-state index contributed by atoms with van der Waals surface area (Å²) in [5, 5.41) is 9.14. The third kappa shape index (κ3) is 3.92. The summed E-state index contributed by atoms with van der Waals surface area (Å²) in [5.74, 6) is 0. The molecule has 0 heterocycles. The van der Waals surface area contributed by atoms with E-state index in [-0.39, 0.29) is 6.10 Å². The third-order valence-electron chi connectivity index (χ3n) is 1.95. The molecule has 0 aromatic heterocycles. The molecule has 1 aromatic rings. The van der Waals surface area contributed by atoms with Crippen LogP contribution in [0.5, 0.6) is 0 Å². The lowest BCUT2D eigenvalue weighted by molar-refractivity contribution is 0.185. The molecule has 1 nitrogen and oxygen atoms in total. The van der Waals surface area contributed by atoms with Gasteiger partial charge < -0.3 is 5.11 Å². The van der Waals surface area contributed by atoms with E-state index in [1.165, 1.54) is 11.1 Å². The Hall–Kier alpha value is -0.340. The van der Waals surface area contributed by atoms with Gasteiger partial charge in [-0.25, -0.2) is 0 Å². The van der Waals surface area contributed by atoms with Crippen LogP contribution >= 0.6 is 15.9 Å². The van der Waals surface area contributed by atoms with Crippen LogP contribution in [0.1, 0.15) is 24.5 Å². The minimum Gasteiger partial charge on any atom is -0.393 e. The molecule has 0 fully saturated rings. The Morgan fingerprint density at radius 2 is 2.08 bits per heavy atom. The molecule has 0 aliphatic heterocycles. The second kappa shape index (κ2) is 4.77. The van der Waals surface area contributed by atoms with Gasteiger partial charge in [-0.1, -0.05) is 22.0 Å². The van der Waals surface area contributed by atoms with Crippen LogP contribution in [0.4, 0.5) is 0 Å². The van der Waals surface area contributed by atoms with Crippen molar-refractivity contribution >= 4 is 15.9 Å². The number of benzene rings is 1. The van der Waals surface area contributed by atoms with E-state index in [0.29, 0.717) is 0 Å². The van der Waals surface area contributed by atoms with Crippen molar-refractivity contribution in [2.75, 3.05) is 0 Å². The van der Waals surface area contributed by atoms with Gasteiger partial charge in [0.1, 0.15) is 0 Å². The summed E-state index contributed by atoms with van der Waals surface area (Å²) in [5.41, 5.74) is 2.54. The molecule has 0 amide bonds. The number of aryl methyl sites for hydroxylation is 2. The first kappa shape index (κ1) is 10.7. The number of hydrogen-bond donors (Lipinski definition) is 1. The van der Waals surface area contributed by atoms with Crippen LogP contribution in [-0.2, 0) is 6.42 Å². The molecule has 0 spiro atoms. The van der Waals surface area contributed by atoms with Gasteiger partial charge in [0.05, 0.1) is 6.10 Å². The Labute approximate surface area is 87.9 Å². The second-order valence-electron chi connectivity index (χ2n) is 3.52. The molecule has 1 rings (SSSR count). The largest absolute Gasteiger partial charge is 0.393 e. The van der Waals surface area contributed by atoms with Crippen molar-refractivity contribution in [2.24, 2.45) is 0 Å². The molecule has 1 N–H and O–H groups in total. The van der Waals surface area contributed by atoms with Crippen molar-refractivity contribution in [1.29, 1.82) is 0 Å². The van der Waals surface area contributed by atoms with Crippen LogP contribution in [0, 0.1) is 6.92 Å². The number of aliphatic hydroxyl groups excluding tert-OH is 1. The van der Waals surface area contributed by atoms with Crippen LogP contribution in [0.25, 0.3) is 0 Å². The second-order valence-corrected chi connectivity index (χ2v) is 4.44. The van der Waals surface area contributed by atoms with Crippen molar-refractivity contribution in [1.82, 2.24) is 0 Å². The molecule has 0 unspecified atom stereocenters. The molecule has 2 heteroatoms. The van der Waals surface area contributed by atoms with E-state index >= 15 is 0 Å². The number of halogens is 1. The zero-order valence-electron chi connectivity index (χ0n) is 8.05. The summed E-state index contributed by atoms with van der Waals surface area (Å²) in [4.78, 5) is 0. The molecule has 0 radical (unpaired) electrons. The monoisotopic (exact) mass is 242 g/mol. The predicted molar refractivity (Wildman–Crippen MR) is 58.9 cm³/mol. The number of aliphatic hydroxyl groups is 1. The third-order valence-corrected chi connectivity index (χ3v) is 2.41. The van der Waals surface area contributed by atoms with Gasteiger partial charge in [-0.05, 0) is 49.9 Å². The lowest BCUT2D eigenvalue weighted by Gasteiger charge is -2.05. The molecule has 0 bridgehead atoms. The van der Waals surface area contributed by atoms with E-state index in [4.69, 9.17) is 5.11 Å². The summed E-state index contributed by atoms with van der Waals surface area (Å²) in [7, 11) is 0. The molecule has 0 aliphatic rings. The van der Waals surface area contributed by atoms with Crippen LogP contribution in [0.3, 0.4) is 0 Å². The quantitative estimate of drug-likeness (QED) is 0.864. The molecule has 0 saturated heterocycles. The summed E-state index contributed by atoms with van der Waals surface area (Å²) in [6.45, 7) is 3.90. The molecule has 1 atom stereocenters. The average molecular weight is 243 g/mol. The number of hydrogen-bond acceptors (Lipinski definition) is 1. The Balaban J connectivity index is 2.66. The summed E-state index contributed by atoms with van der Waals surface area (Å²) in [6, 6.07) is 6.36. The maximum Gasteiger partial charge on any atom is 0.0515 e. The number of rotatable bonds is 3. The fourth-order valence-corrected chi connectivity index (χ4v) is 1.99. The fraction of sp³-hybridized carbons (Fsp3) is 0.455. The van der Waals surface area contributed by atoms with Crippen molar-refractivity contribution in [2.45, 2.75) is 32.8 Å². The van der Waals surface area contributed by atoms with E-state index in [1.807, 2.05) is 6.92 Å². The van der Waals surface area contributed by atoms with Gasteiger partial charge in [0.25, 0.3) is 0 Å². The lowest BCUT2D eigenvalue weighted by Crippen LogP contribution is -2.01. The molecule has 0 saturated carbocycles. The first-order valence-corrected chi connectivity index (χ1v) is 5.31. The highest BCUT2D eigenvalue weighted by molar-refractivity contribution is 9.10. The van der Waals surface area contributed by atoms with Crippen molar-refractivity contribution < 1.29 is 5.11 Å². The fourth-order valence-electron chi connectivity index (χ4n) is 1.33. The zero-order valence-corrected chi connectivity index (χ0v) is 9.63. The smallest absolute Gasteiger partial charge is 0.0515 e. The Morgan fingerprint density at radius 3 is 2.62 bits per heavy atom. The van der Waals surface area contributed by atoms with Gasteiger partial charge in [-0.3, -0.25) is 0 Å². The lowest BCUT2D eigenvalue weighted by atomic mass is 10.1. The van der Waals surface area contributed by atoms with Gasteiger partial charge >= 0.3 is 0 Å². The Morgan fingerprint density at radius 1 is 1.38 bits per heavy atom. The van der Waals surface area contributed by atoms with E-state index in [0.717, 1.165) is 17.3 Å². The minimum atomic E-state index is -0.209. The van der Waals surface area contributed by atoms with Crippen molar-refractivity contribution in [3.05, 3.63) is 33.8 Å². The normalized spacial score (nSPS) is 12.9. The van der Waals surface area contributed by atoms with Gasteiger partial charge in [0, 0.05) is 4.47 Å². The van der Waals surface area contributed by atoms with Crippen LogP contribution in [0.2, 0.25) is 0 Å². The van der Waals surface area contributed by atoms with Gasteiger partial charge in [-0.2, -0.15) is 0 Å². The van der Waals surface area contributed by atoms with Crippen LogP contribution in [-0.4, -0.2) is 11.2 Å². The SMILES string of the molecule is Cc1cc(Br)cc(CC[C@@H](C)O)c1. The van der Waals surface area contributed by atoms with E-state index in [9.17, 15) is 0 Å². The Kier molecular flexibility index (Phi) is 3.94. The van der Waals surface area contributed by atoms with Crippen LogP contribution in [0.15, 0.2) is 22.7 Å². The molecule has 1 aromatic carbocycles. The first-order chi connectivity index (χ1) is 6.08. The molecule has 0 aliphatic carbocycles.